The molecule has 1 aliphatic rings. The number of benzene rings is 1. The lowest BCUT2D eigenvalue weighted by Crippen LogP contribution is -2.30. The summed E-state index contributed by atoms with van der Waals surface area (Å²) in [5.41, 5.74) is 3.55. The zero-order chi connectivity index (χ0) is 14.5. The quantitative estimate of drug-likeness (QED) is 0.669. The molecule has 0 saturated carbocycles. The highest BCUT2D eigenvalue weighted by atomic mass is 35.5. The molecule has 1 aromatic rings. The van der Waals surface area contributed by atoms with Gasteiger partial charge in [0.1, 0.15) is 11.6 Å². The van der Waals surface area contributed by atoms with Gasteiger partial charge >= 0.3 is 0 Å². The lowest BCUT2D eigenvalue weighted by molar-refractivity contribution is 0.566. The molecule has 0 spiro atoms. The maximum atomic E-state index is 10.8. The number of likely N-dealkylation sites (N-methyl/N-ethyl adjacent to an activating group) is 1. The average Bonchev–Trinajstić information content (AvgIpc) is 2.46. The molecule has 20 heavy (non-hydrogen) atoms. The van der Waals surface area contributed by atoms with E-state index >= 15 is 0 Å². The van der Waals surface area contributed by atoms with Crippen LogP contribution in [0.5, 0.6) is 0 Å². The smallest absolute Gasteiger partial charge is 0.147 e. The first-order valence-corrected chi connectivity index (χ1v) is 7.49. The van der Waals surface area contributed by atoms with Gasteiger partial charge in [-0.3, -0.25) is 0 Å². The van der Waals surface area contributed by atoms with Gasteiger partial charge < -0.3 is 15.1 Å². The van der Waals surface area contributed by atoms with Gasteiger partial charge in [0.15, 0.2) is 0 Å². The number of hydrogen-bond donors (Lipinski definition) is 1. The summed E-state index contributed by atoms with van der Waals surface area (Å²) in [6.07, 6.45) is 0. The number of nitrogens with one attached hydrogen (secondary N) is 1. The minimum absolute atomic E-state index is 0.540. The Kier molecular flexibility index (Phi) is 5.18. The maximum Gasteiger partial charge on any atom is 0.147 e. The first-order chi connectivity index (χ1) is 9.69. The van der Waals surface area contributed by atoms with Crippen LogP contribution in [0.25, 0.3) is 0 Å². The molecule has 1 N–H and O–H groups in total. The van der Waals surface area contributed by atoms with Gasteiger partial charge in [0.2, 0.25) is 0 Å². The summed E-state index contributed by atoms with van der Waals surface area (Å²) in [7, 11) is 1.95. The molecule has 4 nitrogen and oxygen atoms in total. The highest BCUT2D eigenvalue weighted by Crippen LogP contribution is 2.34. The van der Waals surface area contributed by atoms with E-state index in [-0.39, 0.29) is 0 Å². The van der Waals surface area contributed by atoms with E-state index in [2.05, 4.69) is 10.2 Å². The minimum atomic E-state index is 0.540. The molecular formula is C14H17Cl2N3O. The van der Waals surface area contributed by atoms with E-state index in [1.165, 1.54) is 0 Å². The second-order valence-corrected chi connectivity index (χ2v) is 5.38. The number of anilines is 3. The molecule has 0 bridgehead atoms. The molecule has 0 saturated heterocycles. The number of halogens is 2. The molecule has 0 radical (unpaired) electrons. The fourth-order valence-corrected chi connectivity index (χ4v) is 2.72. The van der Waals surface area contributed by atoms with Crippen molar-refractivity contribution in [3.63, 3.8) is 0 Å². The zero-order valence-corrected chi connectivity index (χ0v) is 12.8. The van der Waals surface area contributed by atoms with E-state index in [0.29, 0.717) is 24.0 Å². The second kappa shape index (κ2) is 6.89. The molecule has 0 aromatic heterocycles. The first-order valence-electron chi connectivity index (χ1n) is 6.42. The van der Waals surface area contributed by atoms with Crippen LogP contribution in [0.15, 0.2) is 23.9 Å². The van der Waals surface area contributed by atoms with Crippen molar-refractivity contribution in [1.82, 2.24) is 0 Å². The molecule has 2 rings (SSSR count). The Bertz CT molecular complexity index is 523. The Labute approximate surface area is 128 Å². The van der Waals surface area contributed by atoms with Crippen molar-refractivity contribution in [3.05, 3.63) is 23.9 Å². The summed E-state index contributed by atoms with van der Waals surface area (Å²) in [5.74, 6) is 3.02. The van der Waals surface area contributed by atoms with Gasteiger partial charge in [0, 0.05) is 37.6 Å². The van der Waals surface area contributed by atoms with Crippen LogP contribution in [0.3, 0.4) is 0 Å². The van der Waals surface area contributed by atoms with Crippen LogP contribution in [-0.2, 0) is 4.79 Å². The molecular weight excluding hydrogens is 297 g/mol. The van der Waals surface area contributed by atoms with Gasteiger partial charge in [0.05, 0.1) is 17.9 Å². The SMILES string of the molecule is CN1CC(=C=O)Nc2cc(N(CCCl)CCCl)ccc21. The summed E-state index contributed by atoms with van der Waals surface area (Å²) in [4.78, 5) is 15.0. The van der Waals surface area contributed by atoms with Crippen LogP contribution >= 0.6 is 23.2 Å². The topological polar surface area (TPSA) is 35.6 Å². The third kappa shape index (κ3) is 3.21. The number of rotatable bonds is 5. The van der Waals surface area contributed by atoms with Crippen LogP contribution in [0.4, 0.5) is 17.1 Å². The summed E-state index contributed by atoms with van der Waals surface area (Å²) in [5, 5.41) is 3.12. The van der Waals surface area contributed by atoms with Gasteiger partial charge in [-0.15, -0.1) is 23.2 Å². The Morgan fingerprint density at radius 1 is 1.35 bits per heavy atom. The van der Waals surface area contributed by atoms with Gasteiger partial charge in [-0.25, -0.2) is 4.79 Å². The predicted molar refractivity (Wildman–Crippen MR) is 86.2 cm³/mol. The lowest BCUT2D eigenvalue weighted by atomic mass is 10.1. The van der Waals surface area contributed by atoms with E-state index in [9.17, 15) is 4.79 Å². The Balaban J connectivity index is 2.32. The first kappa shape index (κ1) is 15.0. The largest absolute Gasteiger partial charge is 0.369 e. The highest BCUT2D eigenvalue weighted by molar-refractivity contribution is 6.18. The molecule has 6 heteroatoms. The van der Waals surface area contributed by atoms with Crippen molar-refractivity contribution >= 4 is 46.2 Å². The molecule has 1 aromatic carbocycles. The van der Waals surface area contributed by atoms with E-state index < -0.39 is 0 Å². The fraction of sp³-hybridized carbons (Fsp3) is 0.429. The molecule has 0 atom stereocenters. The molecule has 108 valence electrons. The monoisotopic (exact) mass is 313 g/mol. The number of carbonyl (C=O) groups excluding carboxylic acids is 1. The lowest BCUT2D eigenvalue weighted by Gasteiger charge is -2.31. The van der Waals surface area contributed by atoms with Crippen molar-refractivity contribution in [2.45, 2.75) is 0 Å². The van der Waals surface area contributed by atoms with Gasteiger partial charge in [-0.2, -0.15) is 0 Å². The fourth-order valence-electron chi connectivity index (χ4n) is 2.31. The zero-order valence-electron chi connectivity index (χ0n) is 11.3. The number of fused-ring (bicyclic) bond motifs is 1. The minimum Gasteiger partial charge on any atom is -0.369 e. The van der Waals surface area contributed by atoms with Crippen LogP contribution in [0.1, 0.15) is 0 Å². The van der Waals surface area contributed by atoms with Crippen molar-refractivity contribution in [2.75, 3.05) is 53.6 Å². The molecule has 1 heterocycles. The Morgan fingerprint density at radius 2 is 2.05 bits per heavy atom. The number of alkyl halides is 2. The third-order valence-electron chi connectivity index (χ3n) is 3.27. The van der Waals surface area contributed by atoms with E-state index in [1.54, 1.807) is 0 Å². The second-order valence-electron chi connectivity index (χ2n) is 4.63. The molecule has 0 amide bonds. The summed E-state index contributed by atoms with van der Waals surface area (Å²) in [6, 6.07) is 6.10. The Hall–Kier alpha value is -1.35. The van der Waals surface area contributed by atoms with Gasteiger partial charge in [-0.05, 0) is 18.2 Å². The summed E-state index contributed by atoms with van der Waals surface area (Å²) in [6.45, 7) is 2.02. The van der Waals surface area contributed by atoms with Crippen LogP contribution < -0.4 is 15.1 Å². The van der Waals surface area contributed by atoms with Crippen molar-refractivity contribution in [2.24, 2.45) is 0 Å². The van der Waals surface area contributed by atoms with Crippen molar-refractivity contribution < 1.29 is 4.79 Å². The average molecular weight is 314 g/mol. The predicted octanol–water partition coefficient (Wildman–Crippen LogP) is 2.55. The van der Waals surface area contributed by atoms with Gasteiger partial charge in [0.25, 0.3) is 0 Å². The number of hydrogen-bond acceptors (Lipinski definition) is 4. The third-order valence-corrected chi connectivity index (χ3v) is 3.61. The number of nitrogens with zero attached hydrogens (tertiary/aromatic N) is 2. The maximum absolute atomic E-state index is 10.8. The highest BCUT2D eigenvalue weighted by Gasteiger charge is 2.18. The van der Waals surface area contributed by atoms with E-state index in [1.807, 2.05) is 36.1 Å². The van der Waals surface area contributed by atoms with Gasteiger partial charge in [-0.1, -0.05) is 0 Å². The summed E-state index contributed by atoms with van der Waals surface area (Å²) >= 11 is 11.7. The standard InChI is InChI=1S/C14H17Cl2N3O/c1-18-9-11(10-20)17-13-8-12(2-3-14(13)18)19(6-4-15)7-5-16/h2-3,8,17H,4-7,9H2,1H3. The summed E-state index contributed by atoms with van der Waals surface area (Å²) < 4.78 is 0. The van der Waals surface area contributed by atoms with E-state index in [4.69, 9.17) is 23.2 Å². The van der Waals surface area contributed by atoms with Crippen molar-refractivity contribution in [3.8, 4) is 0 Å². The van der Waals surface area contributed by atoms with Crippen LogP contribution in [-0.4, -0.2) is 44.4 Å². The molecule has 0 aliphatic carbocycles. The van der Waals surface area contributed by atoms with Crippen molar-refractivity contribution in [1.29, 1.82) is 0 Å². The normalized spacial score (nSPS) is 13.6. The van der Waals surface area contributed by atoms with Crippen LogP contribution in [0, 0.1) is 0 Å². The van der Waals surface area contributed by atoms with Crippen LogP contribution in [0.2, 0.25) is 0 Å². The van der Waals surface area contributed by atoms with E-state index in [0.717, 1.165) is 30.2 Å². The Morgan fingerprint density at radius 3 is 2.65 bits per heavy atom. The molecule has 0 unspecified atom stereocenters. The molecule has 0 fully saturated rings. The molecule has 1 aliphatic heterocycles.